The number of aromatic nitrogens is 2. The Morgan fingerprint density at radius 1 is 1.44 bits per heavy atom. The van der Waals surface area contributed by atoms with Crippen LogP contribution in [-0.4, -0.2) is 22.6 Å². The third-order valence-electron chi connectivity index (χ3n) is 2.36. The first-order valence-electron chi connectivity index (χ1n) is 4.91. The molecule has 0 atom stereocenters. The fourth-order valence-corrected chi connectivity index (χ4v) is 1.49. The van der Waals surface area contributed by atoms with Gasteiger partial charge in [-0.2, -0.15) is 0 Å². The van der Waals surface area contributed by atoms with Crippen molar-refractivity contribution in [2.45, 2.75) is 6.92 Å². The Bertz CT molecular complexity index is 517. The molecule has 1 aromatic carbocycles. The first-order chi connectivity index (χ1) is 7.72. The molecule has 0 saturated heterocycles. The molecule has 16 heavy (non-hydrogen) atoms. The number of carbonyl (C=O) groups is 1. The van der Waals surface area contributed by atoms with Gasteiger partial charge >= 0.3 is 0 Å². The molecule has 0 N–H and O–H groups in total. The van der Waals surface area contributed by atoms with Crippen LogP contribution >= 0.6 is 0 Å². The summed E-state index contributed by atoms with van der Waals surface area (Å²) >= 11 is 0. The number of ether oxygens (including phenoxy) is 1. The van der Waals surface area contributed by atoms with E-state index in [9.17, 15) is 4.79 Å². The SMILES string of the molecule is COc1cccc(C(=O)n2ccnc2C)c1. The Morgan fingerprint density at radius 2 is 2.25 bits per heavy atom. The predicted molar refractivity (Wildman–Crippen MR) is 59.7 cm³/mol. The summed E-state index contributed by atoms with van der Waals surface area (Å²) in [4.78, 5) is 16.1. The minimum atomic E-state index is -0.103. The van der Waals surface area contributed by atoms with Gasteiger partial charge < -0.3 is 4.74 Å². The number of methoxy groups -OCH3 is 1. The maximum atomic E-state index is 12.1. The lowest BCUT2D eigenvalue weighted by molar-refractivity contribution is 0.0957. The highest BCUT2D eigenvalue weighted by molar-refractivity contribution is 5.96. The van der Waals surface area contributed by atoms with E-state index in [1.54, 1.807) is 50.7 Å². The molecule has 0 spiro atoms. The van der Waals surface area contributed by atoms with Crippen molar-refractivity contribution in [1.82, 2.24) is 9.55 Å². The summed E-state index contributed by atoms with van der Waals surface area (Å²) in [7, 11) is 1.58. The molecule has 0 aliphatic rings. The Hall–Kier alpha value is -2.10. The topological polar surface area (TPSA) is 44.1 Å². The quantitative estimate of drug-likeness (QED) is 0.770. The fraction of sp³-hybridized carbons (Fsp3) is 0.167. The molecule has 1 aromatic heterocycles. The average Bonchev–Trinajstić information content (AvgIpc) is 2.74. The molecular weight excluding hydrogens is 204 g/mol. The van der Waals surface area contributed by atoms with Gasteiger partial charge in [0.1, 0.15) is 11.6 Å². The van der Waals surface area contributed by atoms with E-state index in [-0.39, 0.29) is 5.91 Å². The number of imidazole rings is 1. The summed E-state index contributed by atoms with van der Waals surface area (Å²) in [5.41, 5.74) is 0.584. The Morgan fingerprint density at radius 3 is 2.88 bits per heavy atom. The van der Waals surface area contributed by atoms with Crippen LogP contribution in [-0.2, 0) is 0 Å². The van der Waals surface area contributed by atoms with Crippen LogP contribution in [0.15, 0.2) is 36.7 Å². The number of hydrogen-bond donors (Lipinski definition) is 0. The molecule has 2 aromatic rings. The average molecular weight is 216 g/mol. The molecule has 0 fully saturated rings. The molecule has 0 amide bonds. The van der Waals surface area contributed by atoms with Crippen LogP contribution in [0.1, 0.15) is 16.2 Å². The van der Waals surface area contributed by atoms with Crippen LogP contribution in [0.5, 0.6) is 5.75 Å². The maximum absolute atomic E-state index is 12.1. The van der Waals surface area contributed by atoms with E-state index in [1.807, 2.05) is 0 Å². The minimum absolute atomic E-state index is 0.103. The van der Waals surface area contributed by atoms with E-state index in [2.05, 4.69) is 4.98 Å². The van der Waals surface area contributed by atoms with Gasteiger partial charge in [-0.15, -0.1) is 0 Å². The predicted octanol–water partition coefficient (Wildman–Crippen LogP) is 1.89. The lowest BCUT2D eigenvalue weighted by atomic mass is 10.2. The first kappa shape index (κ1) is 10.4. The highest BCUT2D eigenvalue weighted by Crippen LogP contribution is 2.14. The number of aryl methyl sites for hydroxylation is 1. The van der Waals surface area contributed by atoms with E-state index in [0.717, 1.165) is 0 Å². The lowest BCUT2D eigenvalue weighted by Gasteiger charge is -2.05. The Balaban J connectivity index is 2.38. The van der Waals surface area contributed by atoms with Crippen LogP contribution in [0, 0.1) is 6.92 Å². The first-order valence-corrected chi connectivity index (χ1v) is 4.91. The van der Waals surface area contributed by atoms with Crippen molar-refractivity contribution in [2.75, 3.05) is 7.11 Å². The zero-order valence-corrected chi connectivity index (χ0v) is 9.18. The molecule has 0 radical (unpaired) electrons. The lowest BCUT2D eigenvalue weighted by Crippen LogP contribution is -2.12. The third kappa shape index (κ3) is 1.82. The minimum Gasteiger partial charge on any atom is -0.497 e. The van der Waals surface area contributed by atoms with E-state index in [1.165, 1.54) is 4.57 Å². The summed E-state index contributed by atoms with van der Waals surface area (Å²) in [5, 5.41) is 0. The molecular formula is C12H12N2O2. The molecule has 0 unspecified atom stereocenters. The molecule has 0 bridgehead atoms. The molecule has 2 rings (SSSR count). The van der Waals surface area contributed by atoms with Crippen LogP contribution in [0.2, 0.25) is 0 Å². The van der Waals surface area contributed by atoms with Crippen LogP contribution < -0.4 is 4.74 Å². The molecule has 4 heteroatoms. The van der Waals surface area contributed by atoms with E-state index < -0.39 is 0 Å². The Labute approximate surface area is 93.5 Å². The zero-order chi connectivity index (χ0) is 11.5. The molecule has 4 nitrogen and oxygen atoms in total. The van der Waals surface area contributed by atoms with Crippen LogP contribution in [0.25, 0.3) is 0 Å². The fourth-order valence-electron chi connectivity index (χ4n) is 1.49. The Kier molecular flexibility index (Phi) is 2.72. The van der Waals surface area contributed by atoms with Gasteiger partial charge in [0.15, 0.2) is 0 Å². The van der Waals surface area contributed by atoms with Crippen molar-refractivity contribution >= 4 is 5.91 Å². The van der Waals surface area contributed by atoms with Crippen molar-refractivity contribution < 1.29 is 9.53 Å². The molecule has 82 valence electrons. The van der Waals surface area contributed by atoms with Gasteiger partial charge in [0.05, 0.1) is 7.11 Å². The number of carbonyl (C=O) groups excluding carboxylic acids is 1. The zero-order valence-electron chi connectivity index (χ0n) is 9.18. The van der Waals surface area contributed by atoms with Crippen LogP contribution in [0.3, 0.4) is 0 Å². The van der Waals surface area contributed by atoms with Crippen molar-refractivity contribution in [3.8, 4) is 5.75 Å². The summed E-state index contributed by atoms with van der Waals surface area (Å²) in [6.45, 7) is 1.79. The third-order valence-corrected chi connectivity index (χ3v) is 2.36. The molecule has 0 aliphatic heterocycles. The summed E-state index contributed by atoms with van der Waals surface area (Å²) < 4.78 is 6.58. The van der Waals surface area contributed by atoms with Crippen molar-refractivity contribution in [2.24, 2.45) is 0 Å². The summed E-state index contributed by atoms with van der Waals surface area (Å²) in [6, 6.07) is 7.06. The van der Waals surface area contributed by atoms with Gasteiger partial charge in [0, 0.05) is 18.0 Å². The normalized spacial score (nSPS) is 10.1. The number of nitrogens with zero attached hydrogens (tertiary/aromatic N) is 2. The van der Waals surface area contributed by atoms with Gasteiger partial charge in [-0.25, -0.2) is 4.98 Å². The highest BCUT2D eigenvalue weighted by Gasteiger charge is 2.10. The van der Waals surface area contributed by atoms with Crippen molar-refractivity contribution in [3.05, 3.63) is 48.0 Å². The van der Waals surface area contributed by atoms with Gasteiger partial charge in [-0.3, -0.25) is 9.36 Å². The number of benzene rings is 1. The van der Waals surface area contributed by atoms with Gasteiger partial charge in [-0.05, 0) is 25.1 Å². The smallest absolute Gasteiger partial charge is 0.263 e. The van der Waals surface area contributed by atoms with Gasteiger partial charge in [0.25, 0.3) is 5.91 Å². The second-order valence-electron chi connectivity index (χ2n) is 3.38. The second kappa shape index (κ2) is 4.18. The largest absolute Gasteiger partial charge is 0.497 e. The van der Waals surface area contributed by atoms with Gasteiger partial charge in [-0.1, -0.05) is 6.07 Å². The standard InChI is InChI=1S/C12H12N2O2/c1-9-13-6-7-14(9)12(15)10-4-3-5-11(8-10)16-2/h3-8H,1-2H3. The number of hydrogen-bond acceptors (Lipinski definition) is 3. The van der Waals surface area contributed by atoms with E-state index in [0.29, 0.717) is 17.1 Å². The molecule has 0 aliphatic carbocycles. The molecule has 0 saturated carbocycles. The molecule has 1 heterocycles. The summed E-state index contributed by atoms with van der Waals surface area (Å²) in [5.74, 6) is 1.24. The maximum Gasteiger partial charge on any atom is 0.263 e. The highest BCUT2D eigenvalue weighted by atomic mass is 16.5. The second-order valence-corrected chi connectivity index (χ2v) is 3.38. The van der Waals surface area contributed by atoms with Crippen LogP contribution in [0.4, 0.5) is 0 Å². The van der Waals surface area contributed by atoms with Gasteiger partial charge in [0.2, 0.25) is 0 Å². The van der Waals surface area contributed by atoms with E-state index >= 15 is 0 Å². The monoisotopic (exact) mass is 216 g/mol. The summed E-state index contributed by atoms with van der Waals surface area (Å²) in [6.07, 6.45) is 3.25. The van der Waals surface area contributed by atoms with Crippen molar-refractivity contribution in [1.29, 1.82) is 0 Å². The number of rotatable bonds is 2. The van der Waals surface area contributed by atoms with Crippen molar-refractivity contribution in [3.63, 3.8) is 0 Å². The van der Waals surface area contributed by atoms with E-state index in [4.69, 9.17) is 4.74 Å².